The summed E-state index contributed by atoms with van der Waals surface area (Å²) >= 11 is 0. The van der Waals surface area contributed by atoms with Crippen LogP contribution in [0.4, 0.5) is 0 Å². The molecule has 5 aliphatic rings. The number of aromatic amines is 1. The maximum atomic E-state index is 13.5. The smallest absolute Gasteiger partial charge is 0.374 e. The van der Waals surface area contributed by atoms with E-state index in [1.807, 2.05) is 26.0 Å². The molecule has 8 heteroatoms. The van der Waals surface area contributed by atoms with Crippen LogP contribution in [0.15, 0.2) is 58.7 Å². The van der Waals surface area contributed by atoms with Crippen LogP contribution < -0.4 is 0 Å². The van der Waals surface area contributed by atoms with Gasteiger partial charge in [-0.25, -0.2) is 4.79 Å². The van der Waals surface area contributed by atoms with Crippen molar-refractivity contribution in [1.82, 2.24) is 4.98 Å². The molecule has 3 aliphatic carbocycles. The molecule has 1 spiro atoms. The minimum atomic E-state index is -1.75. The van der Waals surface area contributed by atoms with Crippen molar-refractivity contribution in [3.8, 4) is 0 Å². The first-order valence-corrected chi connectivity index (χ1v) is 14.2. The number of aliphatic hydroxyl groups is 1. The van der Waals surface area contributed by atoms with Crippen molar-refractivity contribution >= 4 is 22.7 Å². The van der Waals surface area contributed by atoms with Gasteiger partial charge in [-0.1, -0.05) is 32.0 Å². The predicted molar refractivity (Wildman–Crippen MR) is 144 cm³/mol. The van der Waals surface area contributed by atoms with E-state index in [2.05, 4.69) is 31.0 Å². The molecular formula is C32H33NO7. The van der Waals surface area contributed by atoms with Gasteiger partial charge in [0.25, 0.3) is 0 Å². The maximum absolute atomic E-state index is 13.5. The Morgan fingerprint density at radius 3 is 2.67 bits per heavy atom. The van der Waals surface area contributed by atoms with E-state index in [4.69, 9.17) is 18.6 Å². The van der Waals surface area contributed by atoms with Crippen LogP contribution in [0.5, 0.6) is 0 Å². The number of ketones is 1. The molecule has 3 fully saturated rings. The van der Waals surface area contributed by atoms with Gasteiger partial charge >= 0.3 is 5.97 Å². The van der Waals surface area contributed by atoms with E-state index in [-0.39, 0.29) is 17.5 Å². The summed E-state index contributed by atoms with van der Waals surface area (Å²) in [5, 5.41) is 14.4. The summed E-state index contributed by atoms with van der Waals surface area (Å²) in [6.07, 6.45) is 3.44. The predicted octanol–water partition coefficient (Wildman–Crippen LogP) is 4.75. The van der Waals surface area contributed by atoms with E-state index in [0.29, 0.717) is 24.8 Å². The Morgan fingerprint density at radius 1 is 1.10 bits per heavy atom. The Hall–Kier alpha value is -3.20. The Kier molecular flexibility index (Phi) is 4.52. The van der Waals surface area contributed by atoms with Gasteiger partial charge < -0.3 is 28.7 Å². The van der Waals surface area contributed by atoms with Crippen molar-refractivity contribution in [2.75, 3.05) is 0 Å². The van der Waals surface area contributed by atoms with E-state index in [9.17, 15) is 14.7 Å². The van der Waals surface area contributed by atoms with E-state index in [0.717, 1.165) is 17.6 Å². The number of carbonyl (C=O) groups is 2. The van der Waals surface area contributed by atoms with Crippen molar-refractivity contribution in [3.63, 3.8) is 0 Å². The van der Waals surface area contributed by atoms with Crippen molar-refractivity contribution in [2.45, 2.75) is 88.0 Å². The molecule has 2 saturated carbocycles. The van der Waals surface area contributed by atoms with Crippen molar-refractivity contribution in [1.29, 1.82) is 0 Å². The summed E-state index contributed by atoms with van der Waals surface area (Å²) in [5.41, 5.74) is -0.183. The molecule has 8 nitrogen and oxygen atoms in total. The third-order valence-corrected chi connectivity index (χ3v) is 11.2. The molecule has 1 aromatic carbocycles. The monoisotopic (exact) mass is 543 g/mol. The topological polar surface area (TPSA) is 111 Å². The quantitative estimate of drug-likeness (QED) is 0.449. The minimum Gasteiger partial charge on any atom is -0.457 e. The molecule has 4 heterocycles. The van der Waals surface area contributed by atoms with E-state index in [1.54, 1.807) is 12.1 Å². The van der Waals surface area contributed by atoms with Gasteiger partial charge in [-0.15, -0.1) is 0 Å². The molecule has 2 aromatic heterocycles. The number of rotatable bonds is 2. The van der Waals surface area contributed by atoms with Crippen molar-refractivity contribution in [2.24, 2.45) is 11.3 Å². The van der Waals surface area contributed by atoms with Gasteiger partial charge in [0.05, 0.1) is 6.26 Å². The molecule has 1 saturated heterocycles. The summed E-state index contributed by atoms with van der Waals surface area (Å²) in [6.45, 7) is 8.00. The largest absolute Gasteiger partial charge is 0.457 e. The second-order valence-corrected chi connectivity index (χ2v) is 13.2. The second kappa shape index (κ2) is 7.35. The van der Waals surface area contributed by atoms with Crippen molar-refractivity contribution in [3.05, 3.63) is 71.3 Å². The van der Waals surface area contributed by atoms with Gasteiger partial charge in [0.2, 0.25) is 5.76 Å². The number of ether oxygens (including phenoxy) is 3. The lowest BCUT2D eigenvalue weighted by molar-refractivity contribution is -0.273. The molecule has 0 radical (unpaired) electrons. The van der Waals surface area contributed by atoms with Gasteiger partial charge in [0, 0.05) is 39.4 Å². The van der Waals surface area contributed by atoms with Crippen LogP contribution in [-0.4, -0.2) is 51.0 Å². The molecule has 40 heavy (non-hydrogen) atoms. The molecule has 2 aliphatic heterocycles. The van der Waals surface area contributed by atoms with E-state index in [1.165, 1.54) is 23.3 Å². The number of furan rings is 1. The number of hydrogen-bond donors (Lipinski definition) is 2. The zero-order valence-corrected chi connectivity index (χ0v) is 23.1. The third kappa shape index (κ3) is 2.64. The minimum absolute atomic E-state index is 0.0649. The van der Waals surface area contributed by atoms with Crippen LogP contribution in [0.2, 0.25) is 0 Å². The number of aromatic nitrogens is 1. The summed E-state index contributed by atoms with van der Waals surface area (Å²) in [7, 11) is 0. The zero-order valence-electron chi connectivity index (χ0n) is 23.1. The van der Waals surface area contributed by atoms with Crippen LogP contribution in [0.1, 0.15) is 68.8 Å². The number of fused-ring (bicyclic) bond motifs is 9. The molecule has 8 rings (SSSR count). The summed E-state index contributed by atoms with van der Waals surface area (Å²) in [5.74, 6) is -2.01. The first-order chi connectivity index (χ1) is 18.9. The molecule has 2 N–H and O–H groups in total. The van der Waals surface area contributed by atoms with Gasteiger partial charge in [0.15, 0.2) is 17.7 Å². The molecule has 3 aromatic rings. The van der Waals surface area contributed by atoms with Crippen molar-refractivity contribution < 1.29 is 33.3 Å². The lowest BCUT2D eigenvalue weighted by atomic mass is 9.41. The van der Waals surface area contributed by atoms with Gasteiger partial charge in [-0.2, -0.15) is 0 Å². The third-order valence-electron chi connectivity index (χ3n) is 11.2. The molecule has 208 valence electrons. The fraction of sp³-hybridized carbons (Fsp3) is 0.500. The number of benzene rings is 1. The Morgan fingerprint density at radius 2 is 1.90 bits per heavy atom. The van der Waals surface area contributed by atoms with Gasteiger partial charge in [0.1, 0.15) is 17.3 Å². The zero-order chi connectivity index (χ0) is 27.9. The first kappa shape index (κ1) is 24.6. The molecular weight excluding hydrogens is 510 g/mol. The SMILES string of the molecule is CC1(C)O[C@@]23CCC4(C)[C@@]5(C)c6[nH]c7ccccc7c6C[C@@H]5C[C@H](OC(=O)c5ccco5)[C@@]4(O)C2=CC(=O)[C@@H]1O3. The lowest BCUT2D eigenvalue weighted by Crippen LogP contribution is -2.75. The number of carbonyl (C=O) groups excluding carboxylic acids is 2. The Labute approximate surface area is 231 Å². The maximum Gasteiger partial charge on any atom is 0.374 e. The van der Waals surface area contributed by atoms with Gasteiger partial charge in [-0.3, -0.25) is 4.79 Å². The normalized spacial score (nSPS) is 40.7. The molecule has 0 amide bonds. The van der Waals surface area contributed by atoms with Crippen LogP contribution in [0, 0.1) is 11.3 Å². The number of hydrogen-bond acceptors (Lipinski definition) is 7. The van der Waals surface area contributed by atoms with E-state index >= 15 is 0 Å². The van der Waals surface area contributed by atoms with Gasteiger partial charge in [-0.05, 0) is 68.9 Å². The average Bonchev–Trinajstić information content (AvgIpc) is 3.67. The van der Waals surface area contributed by atoms with Crippen LogP contribution in [0.25, 0.3) is 10.9 Å². The summed E-state index contributed by atoms with van der Waals surface area (Å²) < 4.78 is 24.5. The highest BCUT2D eigenvalue weighted by atomic mass is 16.8. The standard InChI is InChI=1S/C32H33NO7/c1-28(2)26-21(34)16-23-31(39-26,40-28)12-11-29(3)30(4)17(14-19-18-8-5-6-9-20(18)33-25(19)30)15-24(32(23,29)36)38-27(35)22-10-7-13-37-22/h5-10,13,16-17,24,26,33,36H,11-12,14-15H2,1-4H3/t17-,24+,26+,29?,30-,31+,32+/m1/s1. The average molecular weight is 544 g/mol. The van der Waals surface area contributed by atoms with Crippen LogP contribution >= 0.6 is 0 Å². The second-order valence-electron chi connectivity index (χ2n) is 13.2. The fourth-order valence-corrected chi connectivity index (χ4v) is 9.11. The highest BCUT2D eigenvalue weighted by Gasteiger charge is 2.78. The summed E-state index contributed by atoms with van der Waals surface area (Å²) in [6, 6.07) is 11.5. The number of H-pyrrole nitrogens is 1. The van der Waals surface area contributed by atoms with Crippen LogP contribution in [-0.2, 0) is 30.8 Å². The number of esters is 1. The fourth-order valence-electron chi connectivity index (χ4n) is 9.11. The molecule has 1 unspecified atom stereocenters. The molecule has 7 atom stereocenters. The number of nitrogens with one attached hydrogen (secondary N) is 1. The highest BCUT2D eigenvalue weighted by Crippen LogP contribution is 2.72. The molecule has 2 bridgehead atoms. The van der Waals surface area contributed by atoms with E-state index < -0.39 is 46.0 Å². The Bertz CT molecular complexity index is 1630. The highest BCUT2D eigenvalue weighted by molar-refractivity contribution is 5.97. The Balaban J connectivity index is 1.34. The summed E-state index contributed by atoms with van der Waals surface area (Å²) in [4.78, 5) is 30.5. The lowest BCUT2D eigenvalue weighted by Gasteiger charge is -2.67. The number of para-hydroxylation sites is 1. The van der Waals surface area contributed by atoms with Crippen LogP contribution in [0.3, 0.4) is 0 Å². The first-order valence-electron chi connectivity index (χ1n) is 14.2.